The number of urea groups is 1. The fraction of sp³-hybridized carbons (Fsp3) is 0.200. The molecule has 0 saturated heterocycles. The number of benzene rings is 2. The van der Waals surface area contributed by atoms with E-state index >= 15 is 0 Å². The number of hydrogen-bond acceptors (Lipinski definition) is 3. The first kappa shape index (κ1) is 18.3. The van der Waals surface area contributed by atoms with E-state index in [1.165, 1.54) is 9.80 Å². The lowest BCUT2D eigenvalue weighted by Gasteiger charge is -2.33. The summed E-state index contributed by atoms with van der Waals surface area (Å²) in [6, 6.07) is 18.2. The van der Waals surface area contributed by atoms with Crippen molar-refractivity contribution >= 4 is 23.4 Å². The van der Waals surface area contributed by atoms with Crippen LogP contribution in [0.3, 0.4) is 0 Å². The van der Waals surface area contributed by atoms with Crippen LogP contribution >= 0.6 is 0 Å². The highest BCUT2D eigenvalue weighted by Gasteiger charge is 2.29. The van der Waals surface area contributed by atoms with Crippen molar-refractivity contribution in [1.82, 2.24) is 0 Å². The largest absolute Gasteiger partial charge is 0.438 e. The fourth-order valence-electron chi connectivity index (χ4n) is 2.41. The molecule has 0 radical (unpaired) electrons. The van der Waals surface area contributed by atoms with Gasteiger partial charge in [-0.25, -0.2) is 9.59 Å². The van der Waals surface area contributed by atoms with Crippen LogP contribution in [0.5, 0.6) is 0 Å². The van der Waals surface area contributed by atoms with Crippen LogP contribution in [0.15, 0.2) is 73.3 Å². The van der Waals surface area contributed by atoms with Crippen molar-refractivity contribution in [3.05, 3.63) is 73.3 Å². The lowest BCUT2D eigenvalue weighted by Crippen LogP contribution is -2.49. The summed E-state index contributed by atoms with van der Waals surface area (Å²) in [5.41, 5.74) is 1.40. The summed E-state index contributed by atoms with van der Waals surface area (Å²) < 4.78 is 5.39. The molecule has 0 N–H and O–H groups in total. The van der Waals surface area contributed by atoms with Gasteiger partial charge < -0.3 is 4.74 Å². The Morgan fingerprint density at radius 3 is 2.04 bits per heavy atom. The molecular weight excluding hydrogens is 316 g/mol. The molecule has 5 heteroatoms. The van der Waals surface area contributed by atoms with Crippen LogP contribution in [0, 0.1) is 0 Å². The van der Waals surface area contributed by atoms with E-state index < -0.39 is 12.2 Å². The molecule has 0 aliphatic rings. The summed E-state index contributed by atoms with van der Waals surface area (Å²) in [6.07, 6.45) is 0.812. The standard InChI is InChI=1S/C20H22N2O3/c1-4-18(25-19(23)5-2)22(17-14-10-7-11-15-17)20(24)21(3)16-12-8-6-9-13-16/h5-15,18H,2,4H2,1,3H3. The van der Waals surface area contributed by atoms with Crippen molar-refractivity contribution in [3.8, 4) is 0 Å². The first-order valence-electron chi connectivity index (χ1n) is 8.08. The predicted octanol–water partition coefficient (Wildman–Crippen LogP) is 4.21. The van der Waals surface area contributed by atoms with Crippen molar-refractivity contribution in [3.63, 3.8) is 0 Å². The average Bonchev–Trinajstić information content (AvgIpc) is 2.67. The molecular formula is C20H22N2O3. The quantitative estimate of drug-likeness (QED) is 0.450. The third-order valence-electron chi connectivity index (χ3n) is 3.73. The summed E-state index contributed by atoms with van der Waals surface area (Å²) in [5, 5.41) is 0. The van der Waals surface area contributed by atoms with Crippen LogP contribution in [0.1, 0.15) is 13.3 Å². The minimum atomic E-state index is -0.730. The molecule has 2 amide bonds. The van der Waals surface area contributed by atoms with Crippen molar-refractivity contribution in [1.29, 1.82) is 0 Å². The Bertz CT molecular complexity index is 716. The lowest BCUT2D eigenvalue weighted by molar-refractivity contribution is -0.142. The highest BCUT2D eigenvalue weighted by molar-refractivity contribution is 6.03. The van der Waals surface area contributed by atoms with Crippen molar-refractivity contribution in [2.45, 2.75) is 19.6 Å². The number of rotatable bonds is 6. The van der Waals surface area contributed by atoms with Gasteiger partial charge in [-0.15, -0.1) is 0 Å². The minimum absolute atomic E-state index is 0.291. The topological polar surface area (TPSA) is 49.9 Å². The Labute approximate surface area is 148 Å². The zero-order valence-corrected chi connectivity index (χ0v) is 14.5. The van der Waals surface area contributed by atoms with Crippen LogP contribution in [0.25, 0.3) is 0 Å². The van der Waals surface area contributed by atoms with Crippen molar-refractivity contribution in [2.75, 3.05) is 16.8 Å². The lowest BCUT2D eigenvalue weighted by atomic mass is 10.2. The number of carbonyl (C=O) groups is 2. The third-order valence-corrected chi connectivity index (χ3v) is 3.73. The Hall–Kier alpha value is -3.08. The molecule has 2 rings (SSSR count). The van der Waals surface area contributed by atoms with E-state index in [-0.39, 0.29) is 6.03 Å². The van der Waals surface area contributed by atoms with E-state index in [1.54, 1.807) is 19.2 Å². The molecule has 5 nitrogen and oxygen atoms in total. The van der Waals surface area contributed by atoms with Gasteiger partial charge in [-0.3, -0.25) is 9.80 Å². The molecule has 0 aliphatic heterocycles. The fourth-order valence-corrected chi connectivity index (χ4v) is 2.41. The Morgan fingerprint density at radius 1 is 1.04 bits per heavy atom. The molecule has 0 spiro atoms. The molecule has 2 aromatic rings. The Balaban J connectivity index is 2.38. The number of esters is 1. The zero-order chi connectivity index (χ0) is 18.2. The van der Waals surface area contributed by atoms with Gasteiger partial charge in [-0.1, -0.05) is 49.9 Å². The molecule has 0 aromatic heterocycles. The van der Waals surface area contributed by atoms with Crippen LogP contribution in [-0.2, 0) is 9.53 Å². The van der Waals surface area contributed by atoms with Crippen LogP contribution < -0.4 is 9.80 Å². The van der Waals surface area contributed by atoms with E-state index in [9.17, 15) is 9.59 Å². The summed E-state index contributed by atoms with van der Waals surface area (Å²) >= 11 is 0. The van der Waals surface area contributed by atoms with Gasteiger partial charge in [0, 0.05) is 30.9 Å². The normalized spacial score (nSPS) is 11.3. The van der Waals surface area contributed by atoms with E-state index in [1.807, 2.05) is 55.5 Å². The van der Waals surface area contributed by atoms with Gasteiger partial charge in [-0.05, 0) is 24.3 Å². The summed E-state index contributed by atoms with van der Waals surface area (Å²) in [5.74, 6) is -0.567. The van der Waals surface area contributed by atoms with Crippen molar-refractivity contribution in [2.24, 2.45) is 0 Å². The smallest absolute Gasteiger partial charge is 0.332 e. The van der Waals surface area contributed by atoms with Crippen LogP contribution in [0.2, 0.25) is 0 Å². The molecule has 2 aromatic carbocycles. The molecule has 0 bridgehead atoms. The molecule has 0 aliphatic carbocycles. The number of para-hydroxylation sites is 2. The molecule has 0 heterocycles. The third kappa shape index (κ3) is 4.47. The van der Waals surface area contributed by atoms with Crippen LogP contribution in [0.4, 0.5) is 16.2 Å². The van der Waals surface area contributed by atoms with Crippen LogP contribution in [-0.4, -0.2) is 25.3 Å². The van der Waals surface area contributed by atoms with E-state index in [2.05, 4.69) is 6.58 Å². The molecule has 130 valence electrons. The maximum Gasteiger partial charge on any atom is 0.332 e. The Kier molecular flexibility index (Phi) is 6.34. The summed E-state index contributed by atoms with van der Waals surface area (Å²) in [7, 11) is 1.69. The number of amides is 2. The monoisotopic (exact) mass is 338 g/mol. The SMILES string of the molecule is C=CC(=O)OC(CC)N(C(=O)N(C)c1ccccc1)c1ccccc1. The predicted molar refractivity (Wildman–Crippen MR) is 99.5 cm³/mol. The second-order valence-corrected chi connectivity index (χ2v) is 5.39. The minimum Gasteiger partial charge on any atom is -0.438 e. The number of hydrogen-bond donors (Lipinski definition) is 0. The number of anilines is 2. The van der Waals surface area contributed by atoms with Gasteiger partial charge >= 0.3 is 12.0 Å². The molecule has 25 heavy (non-hydrogen) atoms. The van der Waals surface area contributed by atoms with Gasteiger partial charge in [0.15, 0.2) is 6.23 Å². The molecule has 1 atom stereocenters. The number of nitrogens with zero attached hydrogens (tertiary/aromatic N) is 2. The highest BCUT2D eigenvalue weighted by atomic mass is 16.6. The maximum atomic E-state index is 13.1. The summed E-state index contributed by atoms with van der Waals surface area (Å²) in [6.45, 7) is 5.27. The van der Waals surface area contributed by atoms with Gasteiger partial charge in [0.05, 0.1) is 0 Å². The average molecular weight is 338 g/mol. The van der Waals surface area contributed by atoms with Gasteiger partial charge in [-0.2, -0.15) is 0 Å². The first-order valence-corrected chi connectivity index (χ1v) is 8.08. The van der Waals surface area contributed by atoms with E-state index in [0.717, 1.165) is 11.8 Å². The van der Waals surface area contributed by atoms with Gasteiger partial charge in [0.1, 0.15) is 0 Å². The first-order chi connectivity index (χ1) is 12.1. The second-order valence-electron chi connectivity index (χ2n) is 5.39. The Morgan fingerprint density at radius 2 is 1.56 bits per heavy atom. The molecule has 0 saturated carbocycles. The second kappa shape index (κ2) is 8.68. The highest BCUT2D eigenvalue weighted by Crippen LogP contribution is 2.23. The number of carbonyl (C=O) groups excluding carboxylic acids is 2. The summed E-state index contributed by atoms with van der Waals surface area (Å²) in [4.78, 5) is 27.8. The van der Waals surface area contributed by atoms with Crippen molar-refractivity contribution < 1.29 is 14.3 Å². The van der Waals surface area contributed by atoms with E-state index in [0.29, 0.717) is 12.1 Å². The zero-order valence-electron chi connectivity index (χ0n) is 14.5. The molecule has 1 unspecified atom stereocenters. The molecule has 0 fully saturated rings. The number of ether oxygens (including phenoxy) is 1. The van der Waals surface area contributed by atoms with Gasteiger partial charge in [0.2, 0.25) is 0 Å². The van der Waals surface area contributed by atoms with E-state index in [4.69, 9.17) is 4.74 Å². The van der Waals surface area contributed by atoms with Gasteiger partial charge in [0.25, 0.3) is 0 Å². The maximum absolute atomic E-state index is 13.1.